The highest BCUT2D eigenvalue weighted by Crippen LogP contribution is 2.44. The van der Waals surface area contributed by atoms with E-state index in [4.69, 9.17) is 28.2 Å². The van der Waals surface area contributed by atoms with E-state index in [9.17, 15) is 4.79 Å². The third kappa shape index (κ3) is 2.92. The molecule has 0 saturated heterocycles. The predicted molar refractivity (Wildman–Crippen MR) is 121 cm³/mol. The van der Waals surface area contributed by atoms with Crippen LogP contribution in [0.5, 0.6) is 0 Å². The van der Waals surface area contributed by atoms with Gasteiger partial charge in [0.05, 0.1) is 17.1 Å². The van der Waals surface area contributed by atoms with E-state index in [2.05, 4.69) is 5.32 Å². The Morgan fingerprint density at radius 1 is 0.933 bits per heavy atom. The molecule has 1 N–H and O–H groups in total. The van der Waals surface area contributed by atoms with Gasteiger partial charge < -0.3 is 5.32 Å². The first kappa shape index (κ1) is 18.9. The summed E-state index contributed by atoms with van der Waals surface area (Å²) in [6, 6.07) is 21.9. The zero-order valence-electron chi connectivity index (χ0n) is 16.1. The Morgan fingerprint density at radius 2 is 1.60 bits per heavy atom. The van der Waals surface area contributed by atoms with E-state index in [0.717, 1.165) is 16.7 Å². The molecule has 0 unspecified atom stereocenters. The van der Waals surface area contributed by atoms with Crippen LogP contribution in [0.3, 0.4) is 0 Å². The number of nitrogens with one attached hydrogen (secondary N) is 1. The zero-order chi connectivity index (χ0) is 20.8. The fourth-order valence-electron chi connectivity index (χ4n) is 4.05. The molecule has 0 aliphatic carbocycles. The summed E-state index contributed by atoms with van der Waals surface area (Å²) in [7, 11) is 0. The summed E-state index contributed by atoms with van der Waals surface area (Å²) < 4.78 is 2.01. The van der Waals surface area contributed by atoms with Crippen LogP contribution in [0.2, 0.25) is 10.0 Å². The van der Waals surface area contributed by atoms with Gasteiger partial charge in [0.15, 0.2) is 5.78 Å². The summed E-state index contributed by atoms with van der Waals surface area (Å²) in [5, 5.41) is 4.32. The first-order valence-corrected chi connectivity index (χ1v) is 10.3. The van der Waals surface area contributed by atoms with Crippen LogP contribution in [0.15, 0.2) is 84.1 Å². The lowest BCUT2D eigenvalue weighted by Crippen LogP contribution is -2.28. The number of benzene rings is 3. The average molecular weight is 434 g/mol. The molecule has 1 aliphatic rings. The second-order valence-electron chi connectivity index (χ2n) is 7.19. The van der Waals surface area contributed by atoms with Gasteiger partial charge in [-0.15, -0.1) is 0 Å². The van der Waals surface area contributed by atoms with Gasteiger partial charge in [-0.2, -0.15) is 0 Å². The number of fused-ring (bicyclic) bond motifs is 3. The maximum Gasteiger partial charge on any atom is 0.209 e. The fourth-order valence-corrected chi connectivity index (χ4v) is 4.65. The summed E-state index contributed by atoms with van der Waals surface area (Å²) >= 11 is 13.3. The second kappa shape index (κ2) is 7.31. The zero-order valence-corrected chi connectivity index (χ0v) is 17.6. The summed E-state index contributed by atoms with van der Waals surface area (Å²) in [6.45, 7) is 1.89. The number of para-hydroxylation sites is 2. The van der Waals surface area contributed by atoms with Crippen LogP contribution < -0.4 is 5.32 Å². The van der Waals surface area contributed by atoms with E-state index in [0.29, 0.717) is 32.7 Å². The average Bonchev–Trinajstić information content (AvgIpc) is 3.11. The lowest BCUT2D eigenvalue weighted by Gasteiger charge is -2.31. The Hall–Kier alpha value is -3.08. The van der Waals surface area contributed by atoms with Crippen LogP contribution in [0.1, 0.15) is 28.9 Å². The van der Waals surface area contributed by atoms with Crippen molar-refractivity contribution in [2.45, 2.75) is 13.0 Å². The Morgan fingerprint density at radius 3 is 2.33 bits per heavy atom. The quantitative estimate of drug-likeness (QED) is 0.374. The maximum atomic E-state index is 13.7. The molecule has 148 valence electrons. The number of imidazole rings is 1. The van der Waals surface area contributed by atoms with Gasteiger partial charge >= 0.3 is 0 Å². The molecule has 1 aromatic heterocycles. The number of ketones is 1. The fraction of sp³-hybridized carbons (Fsp3) is 0.0833. The van der Waals surface area contributed by atoms with Crippen LogP contribution in [0.25, 0.3) is 11.0 Å². The van der Waals surface area contributed by atoms with E-state index in [1.807, 2.05) is 66.1 Å². The minimum absolute atomic E-state index is 0.0787. The number of carbonyl (C=O) groups excluding carboxylic acids is 1. The lowest BCUT2D eigenvalue weighted by molar-refractivity contribution is 0.102. The Bertz CT molecular complexity index is 1300. The molecule has 0 saturated carbocycles. The number of carbonyl (C=O) groups is 1. The predicted octanol–water partition coefficient (Wildman–Crippen LogP) is 6.51. The SMILES string of the molecule is CC1=C(C(=O)c2ccccc2)[C@H](c2c(Cl)cccc2Cl)n2c(nc3ccccc32)N1. The van der Waals surface area contributed by atoms with Crippen LogP contribution >= 0.6 is 23.2 Å². The number of anilines is 1. The van der Waals surface area contributed by atoms with Crippen LogP contribution in [-0.2, 0) is 0 Å². The van der Waals surface area contributed by atoms with Gasteiger partial charge in [-0.3, -0.25) is 9.36 Å². The highest BCUT2D eigenvalue weighted by molar-refractivity contribution is 6.36. The highest BCUT2D eigenvalue weighted by Gasteiger charge is 2.36. The summed E-state index contributed by atoms with van der Waals surface area (Å²) in [4.78, 5) is 18.4. The van der Waals surface area contributed by atoms with Gasteiger partial charge in [0.1, 0.15) is 0 Å². The first-order valence-electron chi connectivity index (χ1n) is 9.54. The van der Waals surface area contributed by atoms with Crippen LogP contribution in [0, 0.1) is 0 Å². The molecule has 6 heteroatoms. The van der Waals surface area contributed by atoms with E-state index in [1.165, 1.54) is 0 Å². The van der Waals surface area contributed by atoms with Gasteiger partial charge in [0.25, 0.3) is 0 Å². The Balaban J connectivity index is 1.82. The molecule has 0 fully saturated rings. The summed E-state index contributed by atoms with van der Waals surface area (Å²) in [5.74, 6) is 0.573. The van der Waals surface area contributed by atoms with Crippen molar-refractivity contribution in [1.29, 1.82) is 0 Å². The Labute approximate surface area is 183 Å². The third-order valence-electron chi connectivity index (χ3n) is 5.38. The van der Waals surface area contributed by atoms with Crippen molar-refractivity contribution >= 4 is 46.0 Å². The Kier molecular flexibility index (Phi) is 4.61. The van der Waals surface area contributed by atoms with Gasteiger partial charge in [-0.25, -0.2) is 4.98 Å². The van der Waals surface area contributed by atoms with E-state index < -0.39 is 6.04 Å². The number of aromatic nitrogens is 2. The lowest BCUT2D eigenvalue weighted by atomic mass is 9.89. The second-order valence-corrected chi connectivity index (χ2v) is 8.01. The number of Topliss-reactive ketones (excluding diaryl/α,β-unsaturated/α-hetero) is 1. The van der Waals surface area contributed by atoms with Crippen molar-refractivity contribution in [3.63, 3.8) is 0 Å². The minimum atomic E-state index is -0.512. The standard InChI is InChI=1S/C24H17Cl2N3O/c1-14-20(23(30)15-8-3-2-4-9-15)22(21-16(25)10-7-11-17(21)26)29-19-13-6-5-12-18(19)28-24(29)27-14/h2-13,22H,1H3,(H,27,28)/t22-/m1/s1. The third-order valence-corrected chi connectivity index (χ3v) is 6.04. The number of nitrogens with zero attached hydrogens (tertiary/aromatic N) is 2. The normalized spacial score (nSPS) is 15.8. The number of halogens is 2. The van der Waals surface area contributed by atoms with E-state index in [1.54, 1.807) is 18.2 Å². The molecule has 30 heavy (non-hydrogen) atoms. The molecule has 1 atom stereocenters. The monoisotopic (exact) mass is 433 g/mol. The molecular weight excluding hydrogens is 417 g/mol. The van der Waals surface area contributed by atoms with Crippen LogP contribution in [-0.4, -0.2) is 15.3 Å². The summed E-state index contributed by atoms with van der Waals surface area (Å²) in [5.41, 5.74) is 4.33. The number of hydrogen-bond acceptors (Lipinski definition) is 3. The van der Waals surface area contributed by atoms with E-state index in [-0.39, 0.29) is 5.78 Å². The van der Waals surface area contributed by atoms with Gasteiger partial charge in [-0.1, -0.05) is 71.7 Å². The largest absolute Gasteiger partial charge is 0.329 e. The molecule has 3 aromatic carbocycles. The summed E-state index contributed by atoms with van der Waals surface area (Å²) in [6.07, 6.45) is 0. The van der Waals surface area contributed by atoms with E-state index >= 15 is 0 Å². The minimum Gasteiger partial charge on any atom is -0.329 e. The van der Waals surface area contributed by atoms with Gasteiger partial charge in [-0.05, 0) is 31.2 Å². The molecule has 0 bridgehead atoms. The first-order chi connectivity index (χ1) is 14.6. The van der Waals surface area contributed by atoms with Crippen LogP contribution in [0.4, 0.5) is 5.95 Å². The number of rotatable bonds is 3. The van der Waals surface area contributed by atoms with Crippen molar-refractivity contribution in [3.05, 3.63) is 105 Å². The molecule has 0 spiro atoms. The molecule has 5 rings (SSSR count). The van der Waals surface area contributed by atoms with Crippen molar-refractivity contribution < 1.29 is 4.79 Å². The number of allylic oxidation sites excluding steroid dienone is 2. The molecule has 4 aromatic rings. The smallest absolute Gasteiger partial charge is 0.209 e. The molecule has 4 nitrogen and oxygen atoms in total. The number of hydrogen-bond donors (Lipinski definition) is 1. The van der Waals surface area contributed by atoms with Crippen molar-refractivity contribution in [1.82, 2.24) is 9.55 Å². The highest BCUT2D eigenvalue weighted by atomic mass is 35.5. The molecular formula is C24H17Cl2N3O. The molecule has 2 heterocycles. The van der Waals surface area contributed by atoms with Gasteiger partial charge in [0, 0.05) is 32.4 Å². The van der Waals surface area contributed by atoms with Gasteiger partial charge in [0.2, 0.25) is 5.95 Å². The molecule has 1 aliphatic heterocycles. The van der Waals surface area contributed by atoms with Crippen molar-refractivity contribution in [2.75, 3.05) is 5.32 Å². The maximum absolute atomic E-state index is 13.7. The van der Waals surface area contributed by atoms with Crippen molar-refractivity contribution in [3.8, 4) is 0 Å². The topological polar surface area (TPSA) is 46.9 Å². The molecule has 0 radical (unpaired) electrons. The molecule has 0 amide bonds. The van der Waals surface area contributed by atoms with Crippen molar-refractivity contribution in [2.24, 2.45) is 0 Å².